The fourth-order valence-corrected chi connectivity index (χ4v) is 1.24. The smallest absolute Gasteiger partial charge is 0.0567 e. The molecule has 0 aliphatic heterocycles. The number of hydrogen-bond donors (Lipinski definition) is 0. The van der Waals surface area contributed by atoms with Crippen LogP contribution in [-0.4, -0.2) is 12.8 Å². The van der Waals surface area contributed by atoms with Gasteiger partial charge in [0.1, 0.15) is 0 Å². The molecule has 0 aromatic heterocycles. The Morgan fingerprint density at radius 1 is 1.33 bits per heavy atom. The van der Waals surface area contributed by atoms with Gasteiger partial charge in [-0.05, 0) is 17.6 Å². The summed E-state index contributed by atoms with van der Waals surface area (Å²) in [7, 11) is 0. The molecule has 0 aliphatic carbocycles. The summed E-state index contributed by atoms with van der Waals surface area (Å²) in [4.78, 5) is 4.25. The van der Waals surface area contributed by atoms with E-state index in [9.17, 15) is 0 Å². The zero-order chi connectivity index (χ0) is 10.9. The van der Waals surface area contributed by atoms with Crippen LogP contribution in [0.15, 0.2) is 53.6 Å². The summed E-state index contributed by atoms with van der Waals surface area (Å²) in [5, 5.41) is 0. The third-order valence-corrected chi connectivity index (χ3v) is 2.05. The molecular weight excluding hydrogens is 182 g/mol. The molecule has 1 aromatic carbocycles. The molecule has 0 amide bonds. The van der Waals surface area contributed by atoms with E-state index in [1.165, 1.54) is 11.1 Å². The molecule has 0 unspecified atom stereocenters. The minimum absolute atomic E-state index is 0.687. The molecule has 1 nitrogen and oxygen atoms in total. The number of nitrogens with zero attached hydrogens (tertiary/aromatic N) is 1. The zero-order valence-electron chi connectivity index (χ0n) is 9.19. The van der Waals surface area contributed by atoms with Gasteiger partial charge < -0.3 is 0 Å². The largest absolute Gasteiger partial charge is 0.289 e. The second kappa shape index (κ2) is 6.77. The molecule has 0 heterocycles. The van der Waals surface area contributed by atoms with Crippen molar-refractivity contribution in [1.29, 1.82) is 0 Å². The van der Waals surface area contributed by atoms with E-state index in [0.717, 1.165) is 6.42 Å². The van der Waals surface area contributed by atoms with Crippen LogP contribution in [0.2, 0.25) is 0 Å². The van der Waals surface area contributed by atoms with Gasteiger partial charge in [-0.25, -0.2) is 0 Å². The van der Waals surface area contributed by atoms with Crippen molar-refractivity contribution in [1.82, 2.24) is 0 Å². The van der Waals surface area contributed by atoms with Crippen molar-refractivity contribution < 1.29 is 0 Å². The fourth-order valence-electron chi connectivity index (χ4n) is 1.24. The van der Waals surface area contributed by atoms with Crippen LogP contribution >= 0.6 is 0 Å². The molecule has 1 heteroatoms. The van der Waals surface area contributed by atoms with Crippen LogP contribution in [0.3, 0.4) is 0 Å². The molecule has 0 saturated carbocycles. The molecule has 78 valence electrons. The second-order valence-corrected chi connectivity index (χ2v) is 3.27. The Labute approximate surface area is 91.9 Å². The number of allylic oxidation sites excluding steroid dienone is 1. The van der Waals surface area contributed by atoms with Crippen LogP contribution in [0, 0.1) is 0 Å². The molecule has 1 rings (SSSR count). The van der Waals surface area contributed by atoms with Gasteiger partial charge >= 0.3 is 0 Å². The summed E-state index contributed by atoms with van der Waals surface area (Å²) in [6.45, 7) is 6.45. The highest BCUT2D eigenvalue weighted by Gasteiger charge is 1.90. The summed E-state index contributed by atoms with van der Waals surface area (Å²) >= 11 is 0. The van der Waals surface area contributed by atoms with E-state index in [0.29, 0.717) is 6.54 Å². The molecule has 1 aromatic rings. The Hall–Kier alpha value is -1.63. The highest BCUT2D eigenvalue weighted by molar-refractivity contribution is 5.85. The lowest BCUT2D eigenvalue weighted by atomic mass is 10.1. The van der Waals surface area contributed by atoms with Crippen LogP contribution in [0.25, 0.3) is 6.08 Å². The summed E-state index contributed by atoms with van der Waals surface area (Å²) in [5.74, 6) is 0. The first-order valence-electron chi connectivity index (χ1n) is 5.23. The lowest BCUT2D eigenvalue weighted by Gasteiger charge is -1.97. The average molecular weight is 199 g/mol. The molecule has 0 fully saturated rings. The van der Waals surface area contributed by atoms with Gasteiger partial charge in [0.2, 0.25) is 0 Å². The van der Waals surface area contributed by atoms with Crippen molar-refractivity contribution in [2.75, 3.05) is 6.54 Å². The van der Waals surface area contributed by atoms with Gasteiger partial charge in [-0.3, -0.25) is 4.99 Å². The highest BCUT2D eigenvalue weighted by atomic mass is 14.7. The minimum Gasteiger partial charge on any atom is -0.289 e. The quantitative estimate of drug-likeness (QED) is 0.506. The van der Waals surface area contributed by atoms with Gasteiger partial charge in [0.05, 0.1) is 6.54 Å². The number of hydrogen-bond acceptors (Lipinski definition) is 1. The van der Waals surface area contributed by atoms with Crippen molar-refractivity contribution in [2.45, 2.75) is 13.3 Å². The van der Waals surface area contributed by atoms with E-state index >= 15 is 0 Å². The highest BCUT2D eigenvalue weighted by Crippen LogP contribution is 2.07. The van der Waals surface area contributed by atoms with Crippen molar-refractivity contribution in [3.63, 3.8) is 0 Å². The molecule has 0 spiro atoms. The standard InChI is InChI=1S/C14H17N/c1-3-10-15-12-13(4-2)11-14-8-6-5-7-9-14/h3,5-9,11-12H,1,4,10H2,2H3/b13-11+,15-12?. The fraction of sp³-hybridized carbons (Fsp3) is 0.214. The Morgan fingerprint density at radius 3 is 2.67 bits per heavy atom. The second-order valence-electron chi connectivity index (χ2n) is 3.27. The van der Waals surface area contributed by atoms with Gasteiger partial charge in [-0.2, -0.15) is 0 Å². The maximum atomic E-state index is 4.25. The van der Waals surface area contributed by atoms with Crippen molar-refractivity contribution >= 4 is 12.3 Å². The summed E-state index contributed by atoms with van der Waals surface area (Å²) < 4.78 is 0. The first-order chi connectivity index (χ1) is 7.36. The first-order valence-corrected chi connectivity index (χ1v) is 5.23. The van der Waals surface area contributed by atoms with E-state index in [-0.39, 0.29) is 0 Å². The molecule has 0 atom stereocenters. The summed E-state index contributed by atoms with van der Waals surface area (Å²) in [5.41, 5.74) is 2.46. The number of benzene rings is 1. The van der Waals surface area contributed by atoms with E-state index in [1.54, 1.807) is 6.08 Å². The van der Waals surface area contributed by atoms with E-state index in [4.69, 9.17) is 0 Å². The predicted molar refractivity (Wildman–Crippen MR) is 68.3 cm³/mol. The normalized spacial score (nSPS) is 11.9. The molecular formula is C14H17N. The average Bonchev–Trinajstić information content (AvgIpc) is 2.29. The predicted octanol–water partition coefficient (Wildman–Crippen LogP) is 3.74. The molecule has 0 aliphatic rings. The topological polar surface area (TPSA) is 12.4 Å². The molecule has 0 bridgehead atoms. The van der Waals surface area contributed by atoms with E-state index in [1.807, 2.05) is 24.4 Å². The monoisotopic (exact) mass is 199 g/mol. The summed E-state index contributed by atoms with van der Waals surface area (Å²) in [6.07, 6.45) is 6.88. The molecule has 15 heavy (non-hydrogen) atoms. The van der Waals surface area contributed by atoms with E-state index in [2.05, 4.69) is 36.7 Å². The van der Waals surface area contributed by atoms with Crippen molar-refractivity contribution in [3.05, 3.63) is 54.1 Å². The Bertz CT molecular complexity index is 347. The molecule has 0 N–H and O–H groups in total. The Morgan fingerprint density at radius 2 is 2.07 bits per heavy atom. The first kappa shape index (κ1) is 11.4. The van der Waals surface area contributed by atoms with Gasteiger partial charge in [0.15, 0.2) is 0 Å². The van der Waals surface area contributed by atoms with Crippen LogP contribution in [0.4, 0.5) is 0 Å². The van der Waals surface area contributed by atoms with Crippen LogP contribution < -0.4 is 0 Å². The third kappa shape index (κ3) is 4.41. The lowest BCUT2D eigenvalue weighted by molar-refractivity contribution is 1.17. The lowest BCUT2D eigenvalue weighted by Crippen LogP contribution is -1.84. The van der Waals surface area contributed by atoms with E-state index < -0.39 is 0 Å². The van der Waals surface area contributed by atoms with Gasteiger partial charge in [0.25, 0.3) is 0 Å². The van der Waals surface area contributed by atoms with Crippen LogP contribution in [0.1, 0.15) is 18.9 Å². The maximum absolute atomic E-state index is 4.25. The van der Waals surface area contributed by atoms with Crippen LogP contribution in [0.5, 0.6) is 0 Å². The maximum Gasteiger partial charge on any atom is 0.0567 e. The number of aliphatic imine (C=N–C) groups is 1. The van der Waals surface area contributed by atoms with Gasteiger partial charge in [-0.15, -0.1) is 6.58 Å². The third-order valence-electron chi connectivity index (χ3n) is 2.05. The summed E-state index contributed by atoms with van der Waals surface area (Å²) in [6, 6.07) is 10.3. The van der Waals surface area contributed by atoms with Crippen molar-refractivity contribution in [2.24, 2.45) is 4.99 Å². The van der Waals surface area contributed by atoms with Crippen LogP contribution in [-0.2, 0) is 0 Å². The van der Waals surface area contributed by atoms with Gasteiger partial charge in [0, 0.05) is 6.21 Å². The molecule has 0 saturated heterocycles. The SMILES string of the molecule is C=CCN=C/C(=C/c1ccccc1)CC. The Balaban J connectivity index is 2.74. The molecule has 0 radical (unpaired) electrons. The minimum atomic E-state index is 0.687. The van der Waals surface area contributed by atoms with Crippen molar-refractivity contribution in [3.8, 4) is 0 Å². The van der Waals surface area contributed by atoms with Gasteiger partial charge in [-0.1, -0.05) is 49.4 Å². The number of rotatable bonds is 5. The Kier molecular flexibility index (Phi) is 5.16. The zero-order valence-corrected chi connectivity index (χ0v) is 9.19.